The van der Waals surface area contributed by atoms with Crippen molar-refractivity contribution in [1.82, 2.24) is 9.97 Å². The van der Waals surface area contributed by atoms with Crippen LogP contribution in [0.15, 0.2) is 36.4 Å². The maximum atomic E-state index is 13.0. The number of benzene rings is 1. The lowest BCUT2D eigenvalue weighted by Gasteiger charge is -2.20. The van der Waals surface area contributed by atoms with Crippen molar-refractivity contribution in [2.24, 2.45) is 0 Å². The molecule has 0 unspecified atom stereocenters. The van der Waals surface area contributed by atoms with Crippen LogP contribution in [0.5, 0.6) is 0 Å². The lowest BCUT2D eigenvalue weighted by Crippen LogP contribution is -2.21. The zero-order chi connectivity index (χ0) is 17.0. The summed E-state index contributed by atoms with van der Waals surface area (Å²) in [5.41, 5.74) is -0.314. The average Bonchev–Trinajstić information content (AvgIpc) is 2.52. The summed E-state index contributed by atoms with van der Waals surface area (Å²) in [6.45, 7) is -0.305. The Morgan fingerprint density at radius 3 is 2.35 bits per heavy atom. The predicted octanol–water partition coefficient (Wildman–Crippen LogP) is 2.71. The minimum Gasteiger partial charge on any atom is -0.394 e. The van der Waals surface area contributed by atoms with Gasteiger partial charge in [0.2, 0.25) is 5.95 Å². The van der Waals surface area contributed by atoms with E-state index in [-0.39, 0.29) is 18.4 Å². The van der Waals surface area contributed by atoms with Crippen molar-refractivity contribution in [3.05, 3.63) is 47.7 Å². The fourth-order valence-corrected chi connectivity index (χ4v) is 1.95. The van der Waals surface area contributed by atoms with Gasteiger partial charge in [-0.15, -0.1) is 0 Å². The summed E-state index contributed by atoms with van der Waals surface area (Å²) in [6, 6.07) is 9.15. The van der Waals surface area contributed by atoms with Crippen LogP contribution in [-0.4, -0.2) is 35.8 Å². The Morgan fingerprint density at radius 1 is 1.17 bits per heavy atom. The number of nitrogens with one attached hydrogen (secondary N) is 1. The van der Waals surface area contributed by atoms with Crippen LogP contribution in [0.25, 0.3) is 0 Å². The number of hydrogen-bond donors (Lipinski definition) is 2. The number of aliphatic hydroxyl groups excluding tert-OH is 1. The summed E-state index contributed by atoms with van der Waals surface area (Å²) >= 11 is 0. The summed E-state index contributed by atoms with van der Waals surface area (Å²) in [7, 11) is 3.18. The van der Waals surface area contributed by atoms with Gasteiger partial charge in [0.1, 0.15) is 5.82 Å². The minimum atomic E-state index is -4.58. The molecule has 2 aromatic rings. The monoisotopic (exact) mass is 326 g/mol. The van der Waals surface area contributed by atoms with Crippen molar-refractivity contribution in [3.63, 3.8) is 0 Å². The molecule has 0 radical (unpaired) electrons. The van der Waals surface area contributed by atoms with Crippen LogP contribution in [0.1, 0.15) is 17.3 Å². The molecule has 0 bridgehead atoms. The topological polar surface area (TPSA) is 61.3 Å². The molecule has 2 rings (SSSR count). The first kappa shape index (κ1) is 17.0. The predicted molar refractivity (Wildman–Crippen MR) is 81.3 cm³/mol. The molecule has 0 saturated heterocycles. The second kappa shape index (κ2) is 6.82. The molecule has 2 N–H and O–H groups in total. The summed E-state index contributed by atoms with van der Waals surface area (Å²) in [5, 5.41) is 12.3. The lowest BCUT2D eigenvalue weighted by molar-refractivity contribution is -0.141. The Bertz CT molecular complexity index is 647. The molecular formula is C15H17F3N4O. The van der Waals surface area contributed by atoms with Crippen LogP contribution in [0.4, 0.5) is 24.9 Å². The van der Waals surface area contributed by atoms with E-state index in [1.54, 1.807) is 38.4 Å². The van der Waals surface area contributed by atoms with E-state index >= 15 is 0 Å². The minimum absolute atomic E-state index is 0.125. The third-order valence-electron chi connectivity index (χ3n) is 3.15. The van der Waals surface area contributed by atoms with Crippen molar-refractivity contribution in [2.75, 3.05) is 30.9 Å². The van der Waals surface area contributed by atoms with Gasteiger partial charge in [-0.1, -0.05) is 30.3 Å². The molecule has 0 spiro atoms. The van der Waals surface area contributed by atoms with E-state index in [4.69, 9.17) is 0 Å². The van der Waals surface area contributed by atoms with Gasteiger partial charge < -0.3 is 15.3 Å². The van der Waals surface area contributed by atoms with Crippen LogP contribution in [0, 0.1) is 0 Å². The molecular weight excluding hydrogens is 309 g/mol. The van der Waals surface area contributed by atoms with Gasteiger partial charge >= 0.3 is 6.18 Å². The van der Waals surface area contributed by atoms with Crippen molar-refractivity contribution < 1.29 is 18.3 Å². The zero-order valence-electron chi connectivity index (χ0n) is 12.7. The van der Waals surface area contributed by atoms with Gasteiger partial charge in [0.05, 0.1) is 12.6 Å². The number of hydrogen-bond acceptors (Lipinski definition) is 5. The molecule has 0 aliphatic heterocycles. The van der Waals surface area contributed by atoms with Gasteiger partial charge in [-0.25, -0.2) is 4.98 Å². The molecule has 1 atom stereocenters. The average molecular weight is 326 g/mol. The Hall–Kier alpha value is -2.35. The molecule has 124 valence electrons. The van der Waals surface area contributed by atoms with Crippen LogP contribution >= 0.6 is 0 Å². The van der Waals surface area contributed by atoms with E-state index in [0.717, 1.165) is 11.6 Å². The SMILES string of the molecule is CN(C)c1cc(C(F)(F)F)nc(N[C@@H](CO)c2ccccc2)n1. The first-order valence-electron chi connectivity index (χ1n) is 6.87. The standard InChI is InChI=1S/C15H17F3N4O/c1-22(2)13-8-12(15(16,17)18)20-14(21-13)19-11(9-23)10-6-4-3-5-7-10/h3-8,11,23H,9H2,1-2H3,(H,19,20,21)/t11-/m0/s1. The lowest BCUT2D eigenvalue weighted by atomic mass is 10.1. The van der Waals surface area contributed by atoms with Gasteiger partial charge in [0.15, 0.2) is 5.69 Å². The molecule has 1 aromatic carbocycles. The van der Waals surface area contributed by atoms with Gasteiger partial charge in [0.25, 0.3) is 0 Å². The van der Waals surface area contributed by atoms with Crippen LogP contribution in [0.2, 0.25) is 0 Å². The smallest absolute Gasteiger partial charge is 0.394 e. The van der Waals surface area contributed by atoms with Gasteiger partial charge in [-0.3, -0.25) is 0 Å². The van der Waals surface area contributed by atoms with E-state index in [9.17, 15) is 18.3 Å². The highest BCUT2D eigenvalue weighted by atomic mass is 19.4. The first-order valence-corrected chi connectivity index (χ1v) is 6.87. The largest absolute Gasteiger partial charge is 0.433 e. The molecule has 5 nitrogen and oxygen atoms in total. The zero-order valence-corrected chi connectivity index (χ0v) is 12.7. The maximum Gasteiger partial charge on any atom is 0.433 e. The number of nitrogens with zero attached hydrogens (tertiary/aromatic N) is 3. The highest BCUT2D eigenvalue weighted by molar-refractivity contribution is 5.45. The van der Waals surface area contributed by atoms with Gasteiger partial charge in [-0.05, 0) is 5.56 Å². The Balaban J connectivity index is 2.36. The van der Waals surface area contributed by atoms with Gasteiger partial charge in [0, 0.05) is 20.2 Å². The van der Waals surface area contributed by atoms with Crippen LogP contribution in [-0.2, 0) is 6.18 Å². The van der Waals surface area contributed by atoms with Crippen LogP contribution < -0.4 is 10.2 Å². The Labute approximate surface area is 131 Å². The summed E-state index contributed by atoms with van der Waals surface area (Å²) in [4.78, 5) is 9.02. The highest BCUT2D eigenvalue weighted by Crippen LogP contribution is 2.30. The quantitative estimate of drug-likeness (QED) is 0.885. The fourth-order valence-electron chi connectivity index (χ4n) is 1.95. The summed E-state index contributed by atoms with van der Waals surface area (Å²) in [6.07, 6.45) is -4.58. The second-order valence-electron chi connectivity index (χ2n) is 5.12. The van der Waals surface area contributed by atoms with Crippen molar-refractivity contribution >= 4 is 11.8 Å². The fraction of sp³-hybridized carbons (Fsp3) is 0.333. The first-order chi connectivity index (χ1) is 10.8. The van der Waals surface area contributed by atoms with E-state index in [1.165, 1.54) is 4.90 Å². The second-order valence-corrected chi connectivity index (χ2v) is 5.12. The van der Waals surface area contributed by atoms with Crippen molar-refractivity contribution in [2.45, 2.75) is 12.2 Å². The normalized spacial score (nSPS) is 12.8. The number of aromatic nitrogens is 2. The molecule has 0 saturated carbocycles. The third kappa shape index (κ3) is 4.32. The summed E-state index contributed by atoms with van der Waals surface area (Å²) < 4.78 is 38.9. The van der Waals surface area contributed by atoms with Crippen molar-refractivity contribution in [1.29, 1.82) is 0 Å². The Morgan fingerprint density at radius 2 is 1.83 bits per heavy atom. The number of rotatable bonds is 5. The van der Waals surface area contributed by atoms with Gasteiger partial charge in [-0.2, -0.15) is 18.2 Å². The number of anilines is 2. The molecule has 1 aromatic heterocycles. The molecule has 0 fully saturated rings. The number of aliphatic hydroxyl groups is 1. The Kier molecular flexibility index (Phi) is 5.05. The number of halogens is 3. The molecule has 0 amide bonds. The third-order valence-corrected chi connectivity index (χ3v) is 3.15. The molecule has 0 aliphatic carbocycles. The van der Waals surface area contributed by atoms with E-state index in [0.29, 0.717) is 0 Å². The summed E-state index contributed by atoms with van der Waals surface area (Å²) in [5.74, 6) is -0.0639. The van der Waals surface area contributed by atoms with E-state index < -0.39 is 17.9 Å². The highest BCUT2D eigenvalue weighted by Gasteiger charge is 2.34. The number of alkyl halides is 3. The van der Waals surface area contributed by atoms with E-state index in [2.05, 4.69) is 15.3 Å². The maximum absolute atomic E-state index is 13.0. The van der Waals surface area contributed by atoms with Crippen molar-refractivity contribution in [3.8, 4) is 0 Å². The molecule has 0 aliphatic rings. The van der Waals surface area contributed by atoms with E-state index in [1.807, 2.05) is 6.07 Å². The molecule has 23 heavy (non-hydrogen) atoms. The molecule has 8 heteroatoms. The molecule has 1 heterocycles. The van der Waals surface area contributed by atoms with Crippen LogP contribution in [0.3, 0.4) is 0 Å².